The zero-order valence-corrected chi connectivity index (χ0v) is 11.7. The van der Waals surface area contributed by atoms with Crippen molar-refractivity contribution in [2.45, 2.75) is 0 Å². The van der Waals surface area contributed by atoms with Gasteiger partial charge < -0.3 is 11.8 Å². The molecule has 13 heavy (non-hydrogen) atoms. The summed E-state index contributed by atoms with van der Waals surface area (Å²) in [5, 5.41) is 6.25. The number of nitrogens with zero attached hydrogens (tertiary/aromatic N) is 1. The fourth-order valence-corrected chi connectivity index (χ4v) is 2.37. The quantitative estimate of drug-likeness (QED) is 0.323. The second kappa shape index (κ2) is 8.38. The van der Waals surface area contributed by atoms with Crippen LogP contribution in [0.1, 0.15) is 0 Å². The summed E-state index contributed by atoms with van der Waals surface area (Å²) >= 11 is -0.0813. The molecule has 3 N–H and O–H groups in total. The summed E-state index contributed by atoms with van der Waals surface area (Å²) in [4.78, 5) is 24.3. The predicted octanol–water partition coefficient (Wildman–Crippen LogP) is -0.878. The van der Waals surface area contributed by atoms with Crippen molar-refractivity contribution in [2.24, 2.45) is 0 Å². The molecule has 80 valence electrons. The van der Waals surface area contributed by atoms with Crippen molar-refractivity contribution in [3.05, 3.63) is 6.57 Å². The van der Waals surface area contributed by atoms with Crippen LogP contribution in [0.4, 0.5) is 0 Å². The number of hydrogen-bond donors (Lipinski definition) is 3. The maximum atomic E-state index is 10.2. The van der Waals surface area contributed by atoms with E-state index >= 15 is 0 Å². The zero-order valence-electron chi connectivity index (χ0n) is 5.70. The molecule has 0 heterocycles. The van der Waals surface area contributed by atoms with E-state index in [0.29, 0.717) is 0 Å². The van der Waals surface area contributed by atoms with Gasteiger partial charge in [-0.1, -0.05) is 0 Å². The van der Waals surface area contributed by atoms with E-state index in [0.717, 1.165) is 0 Å². The minimum atomic E-state index is -4.92. The predicted molar refractivity (Wildman–Crippen MR) is 36.2 cm³/mol. The Balaban J connectivity index is -0.000000309. The first kappa shape index (κ1) is 19.6. The molecule has 0 aliphatic rings. The summed E-state index contributed by atoms with van der Waals surface area (Å²) in [5.41, 5.74) is 0. The van der Waals surface area contributed by atoms with Gasteiger partial charge in [-0.3, -0.25) is 0 Å². The van der Waals surface area contributed by atoms with Crippen LogP contribution in [0.5, 0.6) is 0 Å². The van der Waals surface area contributed by atoms with Gasteiger partial charge >= 0.3 is 86.6 Å². The molecule has 0 saturated carbocycles. The minimum Gasteiger partial charge on any atom is -0.512 e. The van der Waals surface area contributed by atoms with Crippen LogP contribution in [-0.2, 0) is 33.4 Å². The third-order valence-corrected chi connectivity index (χ3v) is 4.57. The maximum absolute atomic E-state index is 10.2. The molecule has 0 fully saturated rings. The fourth-order valence-electron chi connectivity index (χ4n) is 0.154. The molecule has 1 unspecified atom stereocenters. The number of phosphoric acid groups is 2. The van der Waals surface area contributed by atoms with E-state index in [-0.39, 0.29) is 40.0 Å². The molecular formula is CH4CuNO7P2Sn. The molecule has 0 rings (SSSR count). The van der Waals surface area contributed by atoms with E-state index < -0.39 is 15.6 Å². The van der Waals surface area contributed by atoms with Gasteiger partial charge in [0.1, 0.15) is 0 Å². The summed E-state index contributed by atoms with van der Waals surface area (Å²) in [7, 11) is -9.42. The summed E-state index contributed by atoms with van der Waals surface area (Å²) in [6, 6.07) is 0. The van der Waals surface area contributed by atoms with Crippen molar-refractivity contribution in [1.82, 2.24) is 0 Å². The Hall–Kier alpha value is 1.07. The molecule has 0 aliphatic heterocycles. The molecule has 0 spiro atoms. The Morgan fingerprint density at radius 1 is 1.23 bits per heavy atom. The second-order valence-electron chi connectivity index (χ2n) is 1.15. The van der Waals surface area contributed by atoms with Crippen LogP contribution in [0.15, 0.2) is 0 Å². The fraction of sp³-hybridized carbons (Fsp3) is 0. The smallest absolute Gasteiger partial charge is 0.512 e. The van der Waals surface area contributed by atoms with Crippen LogP contribution in [0.2, 0.25) is 0 Å². The van der Waals surface area contributed by atoms with Gasteiger partial charge in [0.15, 0.2) is 0 Å². The maximum Gasteiger partial charge on any atom is 1.00 e. The first-order valence-electron chi connectivity index (χ1n) is 1.97. The van der Waals surface area contributed by atoms with Crippen molar-refractivity contribution in [2.75, 3.05) is 0 Å². The normalized spacial score (nSPS) is 14.3. The van der Waals surface area contributed by atoms with Crippen LogP contribution in [0.25, 0.3) is 0 Å². The zero-order chi connectivity index (χ0) is 10.4. The van der Waals surface area contributed by atoms with Crippen molar-refractivity contribution in [3.63, 3.8) is 0 Å². The van der Waals surface area contributed by atoms with Gasteiger partial charge in [-0.05, 0) is 0 Å². The molecule has 12 heteroatoms. The Morgan fingerprint density at radius 2 is 1.54 bits per heavy atom. The molecule has 8 nitrogen and oxygen atoms in total. The summed E-state index contributed by atoms with van der Waals surface area (Å²) < 4.78 is 27.3. The first-order valence-corrected chi connectivity index (χ1v) is 6.34. The molecule has 1 atom stereocenters. The van der Waals surface area contributed by atoms with Crippen molar-refractivity contribution >= 4 is 38.6 Å². The van der Waals surface area contributed by atoms with E-state index in [1.54, 1.807) is 0 Å². The number of rotatable bonds is 3. The standard InChI is InChI=1S/CN.Cu.H4O7P2.Sn.H/c1-2;;1-8(2,3)7-9(4,5)6;;/h;;(H2,1,2,3)(H2,4,5,6);;/q-1;+1;;+1;/p-1. The summed E-state index contributed by atoms with van der Waals surface area (Å²) in [6.45, 7) is 4.75. The van der Waals surface area contributed by atoms with Crippen LogP contribution in [0, 0.1) is 11.8 Å². The molecular weight excluding hydrogens is 382 g/mol. The van der Waals surface area contributed by atoms with Crippen LogP contribution >= 0.6 is 15.6 Å². The van der Waals surface area contributed by atoms with Crippen LogP contribution in [-0.4, -0.2) is 37.6 Å². The minimum absolute atomic E-state index is 0. The SMILES string of the molecule is O=P(O)(O)OP(=O)(O)[O][SnH].[C-]#N.[Cu+]. The van der Waals surface area contributed by atoms with Gasteiger partial charge in [0.2, 0.25) is 0 Å². The average molecular weight is 386 g/mol. The molecule has 0 amide bonds. The van der Waals surface area contributed by atoms with E-state index in [4.69, 9.17) is 26.5 Å². The average Bonchev–Trinajstić information content (AvgIpc) is 1.88. The summed E-state index contributed by atoms with van der Waals surface area (Å²) in [5.74, 6) is 0. The topological polar surface area (TPSA) is 137 Å². The Morgan fingerprint density at radius 3 is 1.62 bits per heavy atom. The molecule has 0 saturated heterocycles. The third kappa shape index (κ3) is 15.8. The van der Waals surface area contributed by atoms with Gasteiger partial charge in [-0.25, -0.2) is 0 Å². The third-order valence-electron chi connectivity index (χ3n) is 0.343. The Kier molecular flexibility index (Phi) is 12.6. The van der Waals surface area contributed by atoms with Gasteiger partial charge in [0, 0.05) is 0 Å². The largest absolute Gasteiger partial charge is 1.00 e. The molecule has 0 aromatic carbocycles. The number of hydrogen-bond acceptors (Lipinski definition) is 5. The molecule has 0 aliphatic carbocycles. The van der Waals surface area contributed by atoms with Gasteiger partial charge in [0.25, 0.3) is 0 Å². The van der Waals surface area contributed by atoms with E-state index in [2.05, 4.69) is 7.17 Å². The van der Waals surface area contributed by atoms with Crippen molar-refractivity contribution in [3.8, 4) is 0 Å². The molecule has 2 radical (unpaired) electrons. The van der Waals surface area contributed by atoms with Crippen LogP contribution in [0.3, 0.4) is 0 Å². The van der Waals surface area contributed by atoms with Gasteiger partial charge in [-0.2, -0.15) is 0 Å². The Bertz CT molecular complexity index is 236. The molecule has 0 bridgehead atoms. The van der Waals surface area contributed by atoms with Crippen molar-refractivity contribution in [1.29, 1.82) is 5.26 Å². The van der Waals surface area contributed by atoms with Gasteiger partial charge in [0.05, 0.1) is 0 Å². The molecule has 0 aromatic heterocycles. The molecule has 0 aromatic rings. The van der Waals surface area contributed by atoms with E-state index in [1.165, 1.54) is 0 Å². The first-order chi connectivity index (χ1) is 5.27. The second-order valence-corrected chi connectivity index (χ2v) is 5.73. The van der Waals surface area contributed by atoms with Gasteiger partial charge in [-0.15, -0.1) is 0 Å². The van der Waals surface area contributed by atoms with E-state index in [1.807, 2.05) is 0 Å². The summed E-state index contributed by atoms with van der Waals surface area (Å²) in [6.07, 6.45) is 0. The van der Waals surface area contributed by atoms with Crippen molar-refractivity contribution < 1.29 is 48.1 Å². The Labute approximate surface area is 98.2 Å². The monoisotopic (exact) mass is 387 g/mol. The van der Waals surface area contributed by atoms with E-state index in [9.17, 15) is 9.13 Å². The van der Waals surface area contributed by atoms with Crippen LogP contribution < -0.4 is 0 Å².